The molecule has 1 heterocycles. The van der Waals surface area contributed by atoms with E-state index in [0.29, 0.717) is 5.92 Å². The van der Waals surface area contributed by atoms with Crippen LogP contribution in [0.2, 0.25) is 0 Å². The molecule has 2 aliphatic rings. The van der Waals surface area contributed by atoms with Gasteiger partial charge >= 0.3 is 0 Å². The number of hydrogen-bond acceptors (Lipinski definition) is 2. The van der Waals surface area contributed by atoms with Crippen LogP contribution in [-0.2, 0) is 0 Å². The van der Waals surface area contributed by atoms with Gasteiger partial charge in [0.15, 0.2) is 0 Å². The number of nitrogens with zero attached hydrogens (tertiary/aromatic N) is 1. The van der Waals surface area contributed by atoms with Crippen molar-refractivity contribution < 1.29 is 5.11 Å². The molecule has 112 valence electrons. The van der Waals surface area contributed by atoms with Crippen LogP contribution in [0, 0.1) is 17.3 Å². The SMILES string of the molecule is CCC1CCCN(CC2CCCC(C)(C)C2O)CC1. The van der Waals surface area contributed by atoms with Crippen molar-refractivity contribution in [3.63, 3.8) is 0 Å². The number of rotatable bonds is 3. The molecule has 0 bridgehead atoms. The molecule has 1 N–H and O–H groups in total. The second-order valence-corrected chi connectivity index (χ2v) is 7.59. The molecule has 3 unspecified atom stereocenters. The Labute approximate surface area is 119 Å². The Hall–Kier alpha value is -0.0800. The molecule has 19 heavy (non-hydrogen) atoms. The van der Waals surface area contributed by atoms with Crippen LogP contribution >= 0.6 is 0 Å². The summed E-state index contributed by atoms with van der Waals surface area (Å²) in [6, 6.07) is 0. The molecule has 0 radical (unpaired) electrons. The molecule has 1 aliphatic carbocycles. The molecule has 2 fully saturated rings. The van der Waals surface area contributed by atoms with E-state index < -0.39 is 0 Å². The quantitative estimate of drug-likeness (QED) is 0.843. The second-order valence-electron chi connectivity index (χ2n) is 7.59. The maximum absolute atomic E-state index is 10.6. The minimum Gasteiger partial charge on any atom is -0.392 e. The lowest BCUT2D eigenvalue weighted by molar-refractivity contribution is -0.0427. The Kier molecular flexibility index (Phi) is 5.30. The van der Waals surface area contributed by atoms with E-state index in [1.54, 1.807) is 0 Å². The Morgan fingerprint density at radius 3 is 2.63 bits per heavy atom. The van der Waals surface area contributed by atoms with Crippen LogP contribution in [-0.4, -0.2) is 35.7 Å². The van der Waals surface area contributed by atoms with Gasteiger partial charge in [-0.2, -0.15) is 0 Å². The highest BCUT2D eigenvalue weighted by Crippen LogP contribution is 2.39. The van der Waals surface area contributed by atoms with Gasteiger partial charge in [-0.15, -0.1) is 0 Å². The molecule has 0 spiro atoms. The summed E-state index contributed by atoms with van der Waals surface area (Å²) in [5.41, 5.74) is 0.126. The first-order valence-corrected chi connectivity index (χ1v) is 8.43. The van der Waals surface area contributed by atoms with Crippen molar-refractivity contribution in [3.05, 3.63) is 0 Å². The number of hydrogen-bond donors (Lipinski definition) is 1. The largest absolute Gasteiger partial charge is 0.392 e. The molecule has 0 amide bonds. The van der Waals surface area contributed by atoms with E-state index in [0.717, 1.165) is 12.5 Å². The maximum atomic E-state index is 10.6. The van der Waals surface area contributed by atoms with Gasteiger partial charge in [0.05, 0.1) is 6.10 Å². The molecule has 0 aromatic heterocycles. The highest BCUT2D eigenvalue weighted by molar-refractivity contribution is 4.89. The molecule has 2 rings (SSSR count). The maximum Gasteiger partial charge on any atom is 0.0631 e. The molecule has 2 nitrogen and oxygen atoms in total. The topological polar surface area (TPSA) is 23.5 Å². The zero-order chi connectivity index (χ0) is 13.9. The van der Waals surface area contributed by atoms with E-state index in [1.807, 2.05) is 0 Å². The van der Waals surface area contributed by atoms with Crippen LogP contribution in [0.1, 0.15) is 65.7 Å². The standard InChI is InChI=1S/C17H33NO/c1-4-14-7-6-11-18(12-9-14)13-15-8-5-10-17(2,3)16(15)19/h14-16,19H,4-13H2,1-3H3. The molecular weight excluding hydrogens is 234 g/mol. The molecule has 1 saturated heterocycles. The third-order valence-electron chi connectivity index (χ3n) is 5.65. The highest BCUT2D eigenvalue weighted by atomic mass is 16.3. The summed E-state index contributed by atoms with van der Waals surface area (Å²) in [5.74, 6) is 1.44. The molecule has 1 saturated carbocycles. The smallest absolute Gasteiger partial charge is 0.0631 e. The van der Waals surface area contributed by atoms with E-state index >= 15 is 0 Å². The Morgan fingerprint density at radius 1 is 1.11 bits per heavy atom. The summed E-state index contributed by atoms with van der Waals surface area (Å²) in [7, 11) is 0. The van der Waals surface area contributed by atoms with Gasteiger partial charge in [0.1, 0.15) is 0 Å². The number of likely N-dealkylation sites (tertiary alicyclic amines) is 1. The summed E-state index contributed by atoms with van der Waals surface area (Å²) in [4.78, 5) is 2.63. The Bertz CT molecular complexity index is 276. The fourth-order valence-electron chi connectivity index (χ4n) is 4.10. The van der Waals surface area contributed by atoms with E-state index in [2.05, 4.69) is 25.7 Å². The summed E-state index contributed by atoms with van der Waals surface area (Å²) in [6.45, 7) is 10.4. The number of aliphatic hydroxyl groups excluding tert-OH is 1. The lowest BCUT2D eigenvalue weighted by Gasteiger charge is -2.42. The normalized spacial score (nSPS) is 36.9. The van der Waals surface area contributed by atoms with Crippen LogP contribution in [0.15, 0.2) is 0 Å². The second kappa shape index (κ2) is 6.58. The number of aliphatic hydroxyl groups is 1. The van der Waals surface area contributed by atoms with E-state index in [4.69, 9.17) is 0 Å². The van der Waals surface area contributed by atoms with Gasteiger partial charge in [-0.1, -0.05) is 33.6 Å². The Balaban J connectivity index is 1.86. The third kappa shape index (κ3) is 3.95. The first-order chi connectivity index (χ1) is 9.03. The van der Waals surface area contributed by atoms with Gasteiger partial charge in [-0.3, -0.25) is 0 Å². The molecule has 2 heteroatoms. The van der Waals surface area contributed by atoms with Crippen LogP contribution < -0.4 is 0 Å². The van der Waals surface area contributed by atoms with Crippen LogP contribution in [0.25, 0.3) is 0 Å². The summed E-state index contributed by atoms with van der Waals surface area (Å²) in [6.07, 6.45) is 9.05. The van der Waals surface area contributed by atoms with Crippen LogP contribution in [0.3, 0.4) is 0 Å². The molecule has 0 aromatic rings. The first-order valence-electron chi connectivity index (χ1n) is 8.43. The van der Waals surface area contributed by atoms with E-state index in [1.165, 1.54) is 58.0 Å². The van der Waals surface area contributed by atoms with Crippen molar-refractivity contribution in [1.82, 2.24) is 4.90 Å². The van der Waals surface area contributed by atoms with E-state index in [9.17, 15) is 5.11 Å². The summed E-state index contributed by atoms with van der Waals surface area (Å²) < 4.78 is 0. The van der Waals surface area contributed by atoms with Crippen molar-refractivity contribution in [2.75, 3.05) is 19.6 Å². The van der Waals surface area contributed by atoms with Crippen molar-refractivity contribution in [1.29, 1.82) is 0 Å². The summed E-state index contributed by atoms with van der Waals surface area (Å²) in [5, 5.41) is 10.6. The predicted molar refractivity (Wildman–Crippen MR) is 81.2 cm³/mol. The van der Waals surface area contributed by atoms with Gasteiger partial charge in [-0.25, -0.2) is 0 Å². The lowest BCUT2D eigenvalue weighted by Crippen LogP contribution is -2.45. The van der Waals surface area contributed by atoms with E-state index in [-0.39, 0.29) is 11.5 Å². The average Bonchev–Trinajstić information content (AvgIpc) is 2.60. The van der Waals surface area contributed by atoms with Crippen molar-refractivity contribution in [3.8, 4) is 0 Å². The zero-order valence-corrected chi connectivity index (χ0v) is 13.2. The van der Waals surface area contributed by atoms with Gasteiger partial charge < -0.3 is 10.0 Å². The van der Waals surface area contributed by atoms with Crippen LogP contribution in [0.4, 0.5) is 0 Å². The predicted octanol–water partition coefficient (Wildman–Crippen LogP) is 3.69. The Morgan fingerprint density at radius 2 is 1.89 bits per heavy atom. The minimum atomic E-state index is -0.105. The monoisotopic (exact) mass is 267 g/mol. The highest BCUT2D eigenvalue weighted by Gasteiger charge is 2.38. The van der Waals surface area contributed by atoms with Gasteiger partial charge in [0.2, 0.25) is 0 Å². The minimum absolute atomic E-state index is 0.105. The molecular formula is C17H33NO. The molecule has 1 aliphatic heterocycles. The van der Waals surface area contributed by atoms with Gasteiger partial charge in [0.25, 0.3) is 0 Å². The first kappa shape index (κ1) is 15.3. The molecule has 0 aromatic carbocycles. The lowest BCUT2D eigenvalue weighted by atomic mass is 9.69. The fourth-order valence-corrected chi connectivity index (χ4v) is 4.10. The van der Waals surface area contributed by atoms with Gasteiger partial charge in [-0.05, 0) is 62.4 Å². The summed E-state index contributed by atoms with van der Waals surface area (Å²) >= 11 is 0. The van der Waals surface area contributed by atoms with Crippen molar-refractivity contribution in [2.45, 2.75) is 71.8 Å². The zero-order valence-electron chi connectivity index (χ0n) is 13.2. The van der Waals surface area contributed by atoms with Crippen molar-refractivity contribution >= 4 is 0 Å². The van der Waals surface area contributed by atoms with Crippen molar-refractivity contribution in [2.24, 2.45) is 17.3 Å². The average molecular weight is 267 g/mol. The fraction of sp³-hybridized carbons (Fsp3) is 1.00. The van der Waals surface area contributed by atoms with Gasteiger partial charge in [0, 0.05) is 6.54 Å². The molecule has 3 atom stereocenters. The third-order valence-corrected chi connectivity index (χ3v) is 5.65. The van der Waals surface area contributed by atoms with Crippen LogP contribution in [0.5, 0.6) is 0 Å².